The Kier molecular flexibility index (Phi) is 8.85. The lowest BCUT2D eigenvalue weighted by Crippen LogP contribution is -2.47. The minimum absolute atomic E-state index is 0.0610. The summed E-state index contributed by atoms with van der Waals surface area (Å²) in [6.07, 6.45) is 2.07. The number of halogens is 1. The van der Waals surface area contributed by atoms with E-state index in [9.17, 15) is 19.5 Å². The molecule has 0 aliphatic carbocycles. The minimum Gasteiger partial charge on any atom is -0.506 e. The lowest BCUT2D eigenvalue weighted by molar-refractivity contribution is -0.142. The smallest absolute Gasteiger partial charge is 0.266 e. The number of phenols is 1. The number of rotatable bonds is 9. The van der Waals surface area contributed by atoms with E-state index in [1.54, 1.807) is 11.5 Å². The maximum absolute atomic E-state index is 12.8. The van der Waals surface area contributed by atoms with Gasteiger partial charge in [0.15, 0.2) is 0 Å². The van der Waals surface area contributed by atoms with Crippen LogP contribution in [0.1, 0.15) is 31.2 Å². The number of amides is 3. The fraction of sp³-hybridized carbons (Fsp3) is 0.526. The predicted octanol–water partition coefficient (Wildman–Crippen LogP) is -0.364. The van der Waals surface area contributed by atoms with E-state index in [1.807, 2.05) is 0 Å². The van der Waals surface area contributed by atoms with Crippen molar-refractivity contribution in [1.29, 1.82) is 0 Å². The first kappa shape index (κ1) is 23.9. The Morgan fingerprint density at radius 1 is 1.30 bits per heavy atom. The molecular formula is C19H28ClN5O5. The van der Waals surface area contributed by atoms with Crippen molar-refractivity contribution in [3.8, 4) is 5.75 Å². The molecule has 30 heavy (non-hydrogen) atoms. The van der Waals surface area contributed by atoms with Crippen molar-refractivity contribution in [2.75, 3.05) is 13.1 Å². The van der Waals surface area contributed by atoms with Crippen LogP contribution in [0.25, 0.3) is 0 Å². The van der Waals surface area contributed by atoms with Crippen LogP contribution < -0.4 is 22.3 Å². The van der Waals surface area contributed by atoms with Crippen LogP contribution in [0.4, 0.5) is 0 Å². The summed E-state index contributed by atoms with van der Waals surface area (Å²) < 4.78 is 0. The number of carbonyl (C=O) groups excluding carboxylic acids is 3. The van der Waals surface area contributed by atoms with Crippen LogP contribution in [0.3, 0.4) is 0 Å². The first-order chi connectivity index (χ1) is 14.3. The van der Waals surface area contributed by atoms with E-state index >= 15 is 0 Å². The third-order valence-electron chi connectivity index (χ3n) is 5.05. The number of hydroxylamine groups is 1. The van der Waals surface area contributed by atoms with Gasteiger partial charge in [-0.25, -0.2) is 5.48 Å². The summed E-state index contributed by atoms with van der Waals surface area (Å²) >= 11 is 5.88. The average Bonchev–Trinajstić information content (AvgIpc) is 3.14. The second kappa shape index (κ2) is 11.1. The summed E-state index contributed by atoms with van der Waals surface area (Å²) in [4.78, 5) is 38.5. The number of hydrogen-bond acceptors (Lipinski definition) is 7. The van der Waals surface area contributed by atoms with E-state index in [-0.39, 0.29) is 42.0 Å². The number of unbranched alkanes of at least 4 members (excludes halogenated alkanes) is 1. The van der Waals surface area contributed by atoms with Gasteiger partial charge in [-0.1, -0.05) is 24.1 Å². The summed E-state index contributed by atoms with van der Waals surface area (Å²) in [7, 11) is 0. The summed E-state index contributed by atoms with van der Waals surface area (Å²) in [6, 6.07) is 2.27. The number of carbonyl (C=O) groups is 3. The third kappa shape index (κ3) is 6.30. The number of phenolic OH excluding ortho intramolecular Hbond substituents is 1. The highest BCUT2D eigenvalue weighted by atomic mass is 35.5. The van der Waals surface area contributed by atoms with Gasteiger partial charge in [0.1, 0.15) is 11.8 Å². The van der Waals surface area contributed by atoms with E-state index in [1.165, 1.54) is 17.0 Å². The number of nitrogens with one attached hydrogen (secondary N) is 2. The number of aromatic hydroxyl groups is 1. The Labute approximate surface area is 179 Å². The van der Waals surface area contributed by atoms with Crippen LogP contribution >= 0.6 is 11.6 Å². The van der Waals surface area contributed by atoms with E-state index in [0.29, 0.717) is 18.5 Å². The molecule has 3 atom stereocenters. The van der Waals surface area contributed by atoms with E-state index in [0.717, 1.165) is 12.8 Å². The van der Waals surface area contributed by atoms with Gasteiger partial charge in [-0.15, -0.1) is 0 Å². The molecule has 0 aromatic heterocycles. The van der Waals surface area contributed by atoms with Gasteiger partial charge in [-0.2, -0.15) is 0 Å². The van der Waals surface area contributed by atoms with E-state index < -0.39 is 24.0 Å². The molecule has 0 spiro atoms. The van der Waals surface area contributed by atoms with Gasteiger partial charge in [-0.3, -0.25) is 19.6 Å². The number of nitrogens with two attached hydrogens (primary N) is 2. The number of hydrogen-bond donors (Lipinski definition) is 6. The Morgan fingerprint density at radius 3 is 2.67 bits per heavy atom. The number of nitrogens with zero attached hydrogens (tertiary/aromatic N) is 1. The molecule has 10 nitrogen and oxygen atoms in total. The van der Waals surface area contributed by atoms with Crippen molar-refractivity contribution in [3.05, 3.63) is 28.8 Å². The van der Waals surface area contributed by atoms with Gasteiger partial charge in [-0.05, 0) is 43.5 Å². The minimum atomic E-state index is -0.936. The monoisotopic (exact) mass is 441 g/mol. The number of likely N-dealkylation sites (tertiary alicyclic amines) is 1. The quantitative estimate of drug-likeness (QED) is 0.172. The summed E-state index contributed by atoms with van der Waals surface area (Å²) in [5.41, 5.74) is 13.5. The van der Waals surface area contributed by atoms with Crippen LogP contribution in [0.5, 0.6) is 5.75 Å². The predicted molar refractivity (Wildman–Crippen MR) is 110 cm³/mol. The van der Waals surface area contributed by atoms with Crippen molar-refractivity contribution >= 4 is 29.3 Å². The first-order valence-electron chi connectivity index (χ1n) is 9.73. The maximum atomic E-state index is 12.8. The molecule has 0 radical (unpaired) electrons. The second-order valence-electron chi connectivity index (χ2n) is 7.33. The third-order valence-corrected chi connectivity index (χ3v) is 5.36. The normalized spacial score (nSPS) is 19.4. The Bertz CT molecular complexity index is 778. The fourth-order valence-corrected chi connectivity index (χ4v) is 3.63. The largest absolute Gasteiger partial charge is 0.506 e. The second-order valence-corrected chi connectivity index (χ2v) is 7.74. The van der Waals surface area contributed by atoms with Crippen molar-refractivity contribution in [3.63, 3.8) is 0 Å². The molecule has 3 amide bonds. The lowest BCUT2D eigenvalue weighted by Gasteiger charge is -2.23. The molecule has 0 saturated carbocycles. The average molecular weight is 442 g/mol. The molecule has 1 fully saturated rings. The summed E-state index contributed by atoms with van der Waals surface area (Å²) in [5.74, 6) is -1.58. The van der Waals surface area contributed by atoms with Crippen molar-refractivity contribution in [1.82, 2.24) is 15.7 Å². The highest BCUT2D eigenvalue weighted by molar-refractivity contribution is 6.32. The van der Waals surface area contributed by atoms with Crippen molar-refractivity contribution in [2.45, 2.75) is 50.2 Å². The van der Waals surface area contributed by atoms with Crippen LogP contribution in [0.2, 0.25) is 5.02 Å². The van der Waals surface area contributed by atoms with Gasteiger partial charge in [0.2, 0.25) is 11.8 Å². The molecule has 166 valence electrons. The van der Waals surface area contributed by atoms with Crippen molar-refractivity contribution < 1.29 is 24.7 Å². The Balaban J connectivity index is 2.02. The summed E-state index contributed by atoms with van der Waals surface area (Å²) in [6.45, 7) is 0.627. The fourth-order valence-electron chi connectivity index (χ4n) is 3.42. The van der Waals surface area contributed by atoms with Gasteiger partial charge in [0.25, 0.3) is 5.91 Å². The molecule has 1 aliphatic rings. The highest BCUT2D eigenvalue weighted by Gasteiger charge is 2.40. The first-order valence-corrected chi connectivity index (χ1v) is 10.1. The van der Waals surface area contributed by atoms with Crippen LogP contribution in [-0.2, 0) is 20.8 Å². The van der Waals surface area contributed by atoms with E-state index in [4.69, 9.17) is 28.3 Å². The van der Waals surface area contributed by atoms with Gasteiger partial charge in [0.05, 0.1) is 17.5 Å². The zero-order chi connectivity index (χ0) is 22.3. The topological polar surface area (TPSA) is 171 Å². The zero-order valence-electron chi connectivity index (χ0n) is 16.5. The van der Waals surface area contributed by atoms with Gasteiger partial charge < -0.3 is 26.8 Å². The van der Waals surface area contributed by atoms with Crippen molar-refractivity contribution in [2.24, 2.45) is 11.5 Å². The van der Waals surface area contributed by atoms with Crippen LogP contribution in [0.15, 0.2) is 18.2 Å². The molecule has 1 aromatic rings. The Hall–Kier alpha value is -2.40. The molecule has 2 rings (SSSR count). The van der Waals surface area contributed by atoms with E-state index in [2.05, 4.69) is 5.32 Å². The molecular weight excluding hydrogens is 414 g/mol. The molecule has 11 heteroatoms. The molecule has 1 heterocycles. The molecule has 0 bridgehead atoms. The molecule has 1 aromatic carbocycles. The molecule has 1 aliphatic heterocycles. The van der Waals surface area contributed by atoms with Gasteiger partial charge in [0, 0.05) is 12.6 Å². The standard InChI is InChI=1S/C19H28ClN5O5/c20-13-7-11(4-5-16(13)26)8-17(27)25-10-12(9-15(25)19(29)24-30)23-18(28)14(22)3-1-2-6-21/h4-5,7,12,14-15,26,30H,1-3,6,8-10,21-22H2,(H,23,28)(H,24,29)/t12-,14-,15-/m0/s1. The van der Waals surface area contributed by atoms with Gasteiger partial charge >= 0.3 is 0 Å². The lowest BCUT2D eigenvalue weighted by atomic mass is 10.1. The zero-order valence-corrected chi connectivity index (χ0v) is 17.3. The van der Waals surface area contributed by atoms with Crippen LogP contribution in [-0.4, -0.2) is 64.2 Å². The SMILES string of the molecule is NCCCC[C@H](N)C(=O)N[C@H]1C[C@@H](C(=O)NO)N(C(=O)Cc2ccc(O)c(Cl)c2)C1. The molecule has 8 N–H and O–H groups in total. The summed E-state index contributed by atoms with van der Waals surface area (Å²) in [5, 5.41) is 21.4. The maximum Gasteiger partial charge on any atom is 0.266 e. The number of benzene rings is 1. The Morgan fingerprint density at radius 2 is 2.03 bits per heavy atom. The molecule has 1 saturated heterocycles. The highest BCUT2D eigenvalue weighted by Crippen LogP contribution is 2.25. The van der Waals surface area contributed by atoms with Crippen LogP contribution in [0, 0.1) is 0 Å². The molecule has 0 unspecified atom stereocenters.